The van der Waals surface area contributed by atoms with Crippen molar-refractivity contribution in [2.45, 2.75) is 53.0 Å². The number of carbonyl (C=O) groups is 1. The first-order valence-electron chi connectivity index (χ1n) is 7.79. The first-order valence-corrected chi connectivity index (χ1v) is 8.61. The fourth-order valence-electron chi connectivity index (χ4n) is 2.26. The van der Waals surface area contributed by atoms with E-state index in [0.717, 1.165) is 27.6 Å². The predicted octanol–water partition coefficient (Wildman–Crippen LogP) is 4.63. The summed E-state index contributed by atoms with van der Waals surface area (Å²) < 4.78 is 0. The van der Waals surface area contributed by atoms with Crippen molar-refractivity contribution >= 4 is 17.2 Å². The molecule has 1 unspecified atom stereocenters. The van der Waals surface area contributed by atoms with Crippen molar-refractivity contribution in [1.82, 2.24) is 10.3 Å². The second-order valence-electron chi connectivity index (χ2n) is 5.91. The maximum Gasteiger partial charge on any atom is 0.263 e. The van der Waals surface area contributed by atoms with E-state index in [1.54, 1.807) is 0 Å². The summed E-state index contributed by atoms with van der Waals surface area (Å²) in [5.74, 6) is 0.318. The summed E-state index contributed by atoms with van der Waals surface area (Å²) in [6, 6.07) is 8.40. The summed E-state index contributed by atoms with van der Waals surface area (Å²) in [7, 11) is 0. The van der Waals surface area contributed by atoms with Crippen LogP contribution in [0.1, 0.15) is 71.2 Å². The van der Waals surface area contributed by atoms with Crippen LogP contribution < -0.4 is 5.32 Å². The number of nitrogens with zero attached hydrogens (tertiary/aromatic N) is 1. The number of aromatic nitrogens is 1. The molecule has 2 rings (SSSR count). The minimum Gasteiger partial charge on any atom is -0.345 e. The molecule has 0 bridgehead atoms. The van der Waals surface area contributed by atoms with Crippen LogP contribution in [0.2, 0.25) is 0 Å². The number of hydrogen-bond acceptors (Lipinski definition) is 3. The monoisotopic (exact) mass is 316 g/mol. The maximum absolute atomic E-state index is 12.5. The van der Waals surface area contributed by atoms with Gasteiger partial charge in [-0.25, -0.2) is 4.98 Å². The Balaban J connectivity index is 2.10. The highest BCUT2D eigenvalue weighted by Gasteiger charge is 2.18. The van der Waals surface area contributed by atoms with Gasteiger partial charge in [0.2, 0.25) is 0 Å². The number of rotatable bonds is 5. The SMILES string of the molecule is CCc1ccc(C(C)NC(=O)c2sc(C(C)C)nc2C)cc1. The number of carbonyl (C=O) groups excluding carboxylic acids is 1. The molecule has 0 aliphatic heterocycles. The third-order valence-corrected chi connectivity index (χ3v) is 5.21. The number of nitrogens with one attached hydrogen (secondary N) is 1. The molecule has 0 aliphatic rings. The highest BCUT2D eigenvalue weighted by atomic mass is 32.1. The molecule has 0 fully saturated rings. The average Bonchev–Trinajstić information content (AvgIpc) is 2.89. The van der Waals surface area contributed by atoms with Gasteiger partial charge >= 0.3 is 0 Å². The van der Waals surface area contributed by atoms with Crippen molar-refractivity contribution in [3.63, 3.8) is 0 Å². The average molecular weight is 316 g/mol. The molecule has 0 radical (unpaired) electrons. The van der Waals surface area contributed by atoms with Gasteiger partial charge in [-0.15, -0.1) is 11.3 Å². The molecule has 1 amide bonds. The molecular formula is C18H24N2OS. The smallest absolute Gasteiger partial charge is 0.263 e. The standard InChI is InChI=1S/C18H24N2OS/c1-6-14-7-9-15(10-8-14)12(4)19-17(21)16-13(5)20-18(22-16)11(2)3/h7-12H,6H2,1-5H3,(H,19,21). The van der Waals surface area contributed by atoms with Crippen LogP contribution >= 0.6 is 11.3 Å². The van der Waals surface area contributed by atoms with Crippen LogP contribution in [-0.2, 0) is 6.42 Å². The summed E-state index contributed by atoms with van der Waals surface area (Å²) in [6.45, 7) is 10.2. The van der Waals surface area contributed by atoms with Crippen molar-refractivity contribution in [2.75, 3.05) is 0 Å². The van der Waals surface area contributed by atoms with Crippen molar-refractivity contribution < 1.29 is 4.79 Å². The van der Waals surface area contributed by atoms with Gasteiger partial charge in [0.25, 0.3) is 5.91 Å². The lowest BCUT2D eigenvalue weighted by Crippen LogP contribution is -2.26. The minimum absolute atomic E-state index is 0.0117. The van der Waals surface area contributed by atoms with Crippen LogP contribution in [0, 0.1) is 6.92 Å². The van der Waals surface area contributed by atoms with Gasteiger partial charge < -0.3 is 5.32 Å². The largest absolute Gasteiger partial charge is 0.345 e. The Bertz CT molecular complexity index is 644. The molecule has 1 heterocycles. The number of benzene rings is 1. The maximum atomic E-state index is 12.5. The van der Waals surface area contributed by atoms with Gasteiger partial charge in [-0.2, -0.15) is 0 Å². The molecule has 0 saturated carbocycles. The van der Waals surface area contributed by atoms with Crippen LogP contribution in [0.3, 0.4) is 0 Å². The molecule has 4 heteroatoms. The molecule has 0 saturated heterocycles. The minimum atomic E-state index is -0.0334. The third-order valence-electron chi connectivity index (χ3n) is 3.75. The second-order valence-corrected chi connectivity index (χ2v) is 6.94. The summed E-state index contributed by atoms with van der Waals surface area (Å²) in [5.41, 5.74) is 3.25. The Morgan fingerprint density at radius 1 is 1.23 bits per heavy atom. The molecule has 118 valence electrons. The Hall–Kier alpha value is -1.68. The first-order chi connectivity index (χ1) is 10.4. The zero-order valence-corrected chi connectivity index (χ0v) is 14.8. The van der Waals surface area contributed by atoms with Gasteiger partial charge in [0.15, 0.2) is 0 Å². The van der Waals surface area contributed by atoms with Gasteiger partial charge in [-0.1, -0.05) is 45.0 Å². The molecule has 22 heavy (non-hydrogen) atoms. The zero-order chi connectivity index (χ0) is 16.3. The first kappa shape index (κ1) is 16.7. The topological polar surface area (TPSA) is 42.0 Å². The predicted molar refractivity (Wildman–Crippen MR) is 92.6 cm³/mol. The number of amides is 1. The van der Waals surface area contributed by atoms with E-state index in [2.05, 4.69) is 55.3 Å². The summed E-state index contributed by atoms with van der Waals surface area (Å²) in [5, 5.41) is 4.09. The molecule has 1 aromatic heterocycles. The lowest BCUT2D eigenvalue weighted by atomic mass is 10.0. The highest BCUT2D eigenvalue weighted by molar-refractivity contribution is 7.13. The van der Waals surface area contributed by atoms with E-state index in [-0.39, 0.29) is 11.9 Å². The Labute approximate surface area is 136 Å². The van der Waals surface area contributed by atoms with E-state index in [0.29, 0.717) is 5.92 Å². The molecule has 2 aromatic rings. The molecule has 0 aliphatic carbocycles. The lowest BCUT2D eigenvalue weighted by Gasteiger charge is -2.14. The van der Waals surface area contributed by atoms with E-state index >= 15 is 0 Å². The molecule has 1 aromatic carbocycles. The Kier molecular flexibility index (Phi) is 5.35. The van der Waals surface area contributed by atoms with Crippen molar-refractivity contribution in [2.24, 2.45) is 0 Å². The van der Waals surface area contributed by atoms with E-state index < -0.39 is 0 Å². The number of hydrogen-bond donors (Lipinski definition) is 1. The lowest BCUT2D eigenvalue weighted by molar-refractivity contribution is 0.0943. The number of thiazole rings is 1. The van der Waals surface area contributed by atoms with Crippen LogP contribution in [0.15, 0.2) is 24.3 Å². The fraction of sp³-hybridized carbons (Fsp3) is 0.444. The van der Waals surface area contributed by atoms with E-state index in [4.69, 9.17) is 0 Å². The summed E-state index contributed by atoms with van der Waals surface area (Å²) >= 11 is 1.50. The third kappa shape index (κ3) is 3.74. The van der Waals surface area contributed by atoms with Crippen molar-refractivity contribution in [1.29, 1.82) is 0 Å². The number of aryl methyl sites for hydroxylation is 2. The molecule has 1 atom stereocenters. The zero-order valence-electron chi connectivity index (χ0n) is 13.9. The van der Waals surface area contributed by atoms with Crippen molar-refractivity contribution in [3.05, 3.63) is 51.0 Å². The van der Waals surface area contributed by atoms with E-state index in [9.17, 15) is 4.79 Å². The molecule has 1 N–H and O–H groups in total. The van der Waals surface area contributed by atoms with Gasteiger partial charge in [0.05, 0.1) is 16.7 Å². The summed E-state index contributed by atoms with van der Waals surface area (Å²) in [6.07, 6.45) is 1.03. The molecular weight excluding hydrogens is 292 g/mol. The van der Waals surface area contributed by atoms with Gasteiger partial charge in [0, 0.05) is 5.92 Å². The van der Waals surface area contributed by atoms with Gasteiger partial charge in [0.1, 0.15) is 4.88 Å². The molecule has 0 spiro atoms. The summed E-state index contributed by atoms with van der Waals surface area (Å²) in [4.78, 5) is 17.7. The van der Waals surface area contributed by atoms with Crippen molar-refractivity contribution in [3.8, 4) is 0 Å². The fourth-order valence-corrected chi connectivity index (χ4v) is 3.23. The Morgan fingerprint density at radius 3 is 2.36 bits per heavy atom. The quantitative estimate of drug-likeness (QED) is 0.874. The van der Waals surface area contributed by atoms with Gasteiger partial charge in [-0.3, -0.25) is 4.79 Å². The highest BCUT2D eigenvalue weighted by Crippen LogP contribution is 2.25. The van der Waals surface area contributed by atoms with Crippen LogP contribution in [-0.4, -0.2) is 10.9 Å². The van der Waals surface area contributed by atoms with E-state index in [1.165, 1.54) is 16.9 Å². The molecule has 3 nitrogen and oxygen atoms in total. The van der Waals surface area contributed by atoms with Crippen LogP contribution in [0.5, 0.6) is 0 Å². The normalized spacial score (nSPS) is 12.5. The second kappa shape index (κ2) is 7.05. The van der Waals surface area contributed by atoms with Crippen LogP contribution in [0.4, 0.5) is 0 Å². The Morgan fingerprint density at radius 2 is 1.86 bits per heavy atom. The van der Waals surface area contributed by atoms with E-state index in [1.807, 2.05) is 13.8 Å². The van der Waals surface area contributed by atoms with Gasteiger partial charge in [-0.05, 0) is 31.4 Å². The van der Waals surface area contributed by atoms with Crippen LogP contribution in [0.25, 0.3) is 0 Å².